The first-order valence-electron chi connectivity index (χ1n) is 11.4. The highest BCUT2D eigenvalue weighted by atomic mass is 19.3. The average Bonchev–Trinajstić information content (AvgIpc) is 3.40. The highest BCUT2D eigenvalue weighted by molar-refractivity contribution is 6.01. The summed E-state index contributed by atoms with van der Waals surface area (Å²) in [4.78, 5) is 12.7. The summed E-state index contributed by atoms with van der Waals surface area (Å²) in [6, 6.07) is 8.26. The van der Waals surface area contributed by atoms with Crippen LogP contribution in [0.25, 0.3) is 16.6 Å². The van der Waals surface area contributed by atoms with Crippen molar-refractivity contribution in [2.24, 2.45) is 0 Å². The van der Waals surface area contributed by atoms with Crippen LogP contribution < -0.4 is 14.8 Å². The highest BCUT2D eigenvalue weighted by Gasteiger charge is 2.40. The minimum atomic E-state index is -3.19. The zero-order valence-electron chi connectivity index (χ0n) is 19.3. The first kappa shape index (κ1) is 23.9. The summed E-state index contributed by atoms with van der Waals surface area (Å²) in [7, 11) is 1.30. The molecule has 2 fully saturated rings. The van der Waals surface area contributed by atoms with Gasteiger partial charge in [0, 0.05) is 31.4 Å². The maximum absolute atomic E-state index is 13.3. The predicted octanol–water partition coefficient (Wildman–Crippen LogP) is 4.02. The molecule has 1 saturated carbocycles. The van der Waals surface area contributed by atoms with Gasteiger partial charge in [0.2, 0.25) is 0 Å². The van der Waals surface area contributed by atoms with Gasteiger partial charge in [-0.2, -0.15) is 19.1 Å². The van der Waals surface area contributed by atoms with Crippen LogP contribution >= 0.6 is 0 Å². The molecule has 1 aliphatic carbocycles. The van der Waals surface area contributed by atoms with Crippen LogP contribution in [0.5, 0.6) is 11.5 Å². The van der Waals surface area contributed by atoms with E-state index in [0.29, 0.717) is 42.7 Å². The molecule has 2 unspecified atom stereocenters. The normalized spacial score (nSPS) is 20.7. The molecule has 3 heterocycles. The van der Waals surface area contributed by atoms with Gasteiger partial charge in [0.15, 0.2) is 0 Å². The lowest BCUT2D eigenvalue weighted by Crippen LogP contribution is -2.32. The number of ether oxygens (including phenoxy) is 3. The number of benzene rings is 1. The van der Waals surface area contributed by atoms with Crippen molar-refractivity contribution >= 4 is 11.4 Å². The Labute approximate surface area is 204 Å². The van der Waals surface area contributed by atoms with E-state index in [-0.39, 0.29) is 17.7 Å². The number of nitriles is 1. The molecule has 3 aromatic rings. The SMILES string of the molecule is COc1cc(-c2cnn3cc(C4(C#N)CCOCC4)ccc23)cc(OC(F)F)c1C(=O)NC1CC1F. The zero-order chi connectivity index (χ0) is 25.4. The number of fused-ring (bicyclic) bond motifs is 1. The molecule has 1 aromatic carbocycles. The number of aromatic nitrogens is 2. The summed E-state index contributed by atoms with van der Waals surface area (Å²) in [6.45, 7) is -2.20. The number of nitrogens with zero attached hydrogens (tertiary/aromatic N) is 3. The Kier molecular flexibility index (Phi) is 6.22. The van der Waals surface area contributed by atoms with Crippen molar-refractivity contribution in [1.29, 1.82) is 5.26 Å². The molecule has 11 heteroatoms. The lowest BCUT2D eigenvalue weighted by atomic mass is 9.76. The molecule has 8 nitrogen and oxygen atoms in total. The fourth-order valence-electron chi connectivity index (χ4n) is 4.55. The molecular weight excluding hydrogens is 477 g/mol. The van der Waals surface area contributed by atoms with Crippen molar-refractivity contribution in [3.63, 3.8) is 0 Å². The van der Waals surface area contributed by atoms with Crippen LogP contribution in [0, 0.1) is 11.3 Å². The fourth-order valence-corrected chi connectivity index (χ4v) is 4.55. The summed E-state index contributed by atoms with van der Waals surface area (Å²) >= 11 is 0. The monoisotopic (exact) mass is 500 g/mol. The molecule has 2 atom stereocenters. The van der Waals surface area contributed by atoms with Crippen molar-refractivity contribution in [2.75, 3.05) is 20.3 Å². The second-order valence-electron chi connectivity index (χ2n) is 8.87. The largest absolute Gasteiger partial charge is 0.496 e. The number of alkyl halides is 3. The van der Waals surface area contributed by atoms with E-state index in [4.69, 9.17) is 9.47 Å². The number of amides is 1. The Morgan fingerprint density at radius 2 is 2.03 bits per heavy atom. The molecule has 36 heavy (non-hydrogen) atoms. The Hall–Kier alpha value is -3.78. The molecule has 0 spiro atoms. The van der Waals surface area contributed by atoms with E-state index in [1.165, 1.54) is 19.2 Å². The van der Waals surface area contributed by atoms with Crippen LogP contribution in [-0.4, -0.2) is 54.7 Å². The summed E-state index contributed by atoms with van der Waals surface area (Å²) in [6.07, 6.45) is 3.49. The molecule has 0 bridgehead atoms. The maximum Gasteiger partial charge on any atom is 0.387 e. The number of hydrogen-bond acceptors (Lipinski definition) is 6. The van der Waals surface area contributed by atoms with E-state index in [0.717, 1.165) is 5.56 Å². The lowest BCUT2D eigenvalue weighted by Gasteiger charge is -2.30. The number of methoxy groups -OCH3 is 1. The quantitative estimate of drug-likeness (QED) is 0.526. The van der Waals surface area contributed by atoms with Crippen LogP contribution in [0.1, 0.15) is 35.2 Å². The number of carbonyl (C=O) groups is 1. The van der Waals surface area contributed by atoms with E-state index in [9.17, 15) is 23.2 Å². The molecule has 1 saturated heterocycles. The van der Waals surface area contributed by atoms with Gasteiger partial charge in [0.1, 0.15) is 23.2 Å². The number of nitrogens with one attached hydrogen (secondary N) is 1. The first-order chi connectivity index (χ1) is 17.3. The molecule has 2 aliphatic rings. The van der Waals surface area contributed by atoms with Gasteiger partial charge in [-0.15, -0.1) is 0 Å². The smallest absolute Gasteiger partial charge is 0.387 e. The summed E-state index contributed by atoms with van der Waals surface area (Å²) in [5.41, 5.74) is 1.56. The van der Waals surface area contributed by atoms with Crippen molar-refractivity contribution in [2.45, 2.75) is 43.5 Å². The van der Waals surface area contributed by atoms with Crippen LogP contribution in [0.4, 0.5) is 13.2 Å². The predicted molar refractivity (Wildman–Crippen MR) is 122 cm³/mol. The fraction of sp³-hybridized carbons (Fsp3) is 0.400. The van der Waals surface area contributed by atoms with Gasteiger partial charge in [-0.25, -0.2) is 8.91 Å². The number of hydrogen-bond donors (Lipinski definition) is 1. The first-order valence-corrected chi connectivity index (χ1v) is 11.4. The molecule has 0 radical (unpaired) electrons. The average molecular weight is 500 g/mol. The van der Waals surface area contributed by atoms with E-state index in [1.807, 2.05) is 6.07 Å². The van der Waals surface area contributed by atoms with E-state index in [2.05, 4.69) is 21.2 Å². The summed E-state index contributed by atoms with van der Waals surface area (Å²) in [5, 5.41) is 16.7. The number of rotatable bonds is 7. The Morgan fingerprint density at radius 1 is 1.31 bits per heavy atom. The van der Waals surface area contributed by atoms with Gasteiger partial charge < -0.3 is 19.5 Å². The van der Waals surface area contributed by atoms with Crippen LogP contribution in [0.3, 0.4) is 0 Å². The molecule has 188 valence electrons. The van der Waals surface area contributed by atoms with Crippen molar-refractivity contribution < 1.29 is 32.2 Å². The second-order valence-corrected chi connectivity index (χ2v) is 8.87. The third-order valence-corrected chi connectivity index (χ3v) is 6.70. The van der Waals surface area contributed by atoms with Crippen molar-refractivity contribution in [3.8, 4) is 28.7 Å². The Bertz CT molecular complexity index is 1350. The third kappa shape index (κ3) is 4.33. The number of pyridine rings is 1. The maximum atomic E-state index is 13.3. The van der Waals surface area contributed by atoms with E-state index in [1.54, 1.807) is 23.0 Å². The van der Waals surface area contributed by atoms with Gasteiger partial charge in [-0.05, 0) is 42.2 Å². The van der Waals surface area contributed by atoms with Crippen LogP contribution in [0.15, 0.2) is 36.7 Å². The van der Waals surface area contributed by atoms with Gasteiger partial charge in [-0.1, -0.05) is 6.07 Å². The summed E-state index contributed by atoms with van der Waals surface area (Å²) in [5.74, 6) is -1.16. The topological polar surface area (TPSA) is 97.9 Å². The van der Waals surface area contributed by atoms with Crippen LogP contribution in [0.2, 0.25) is 0 Å². The molecular formula is C25H23F3N4O4. The standard InChI is InChI=1S/C25H23F3N4O4/c1-34-20-8-14(9-21(36-24(27)28)22(20)23(33)31-18-10-17(18)26)16-11-30-32-12-15(2-3-19(16)32)25(13-29)4-6-35-7-5-25/h2-3,8-9,11-12,17-18,24H,4-7,10H2,1H3,(H,31,33). The molecule has 1 amide bonds. The second kappa shape index (κ2) is 9.35. The van der Waals surface area contributed by atoms with E-state index < -0.39 is 35.9 Å². The van der Waals surface area contributed by atoms with Gasteiger partial charge in [0.25, 0.3) is 5.91 Å². The van der Waals surface area contributed by atoms with Gasteiger partial charge >= 0.3 is 6.61 Å². The third-order valence-electron chi connectivity index (χ3n) is 6.70. The molecule has 1 N–H and O–H groups in total. The van der Waals surface area contributed by atoms with E-state index >= 15 is 0 Å². The summed E-state index contributed by atoms with van der Waals surface area (Å²) < 4.78 is 56.9. The van der Waals surface area contributed by atoms with Crippen molar-refractivity contribution in [3.05, 3.63) is 47.8 Å². The molecule has 2 aromatic heterocycles. The Morgan fingerprint density at radius 3 is 2.67 bits per heavy atom. The van der Waals surface area contributed by atoms with Gasteiger partial charge in [0.05, 0.1) is 36.3 Å². The lowest BCUT2D eigenvalue weighted by molar-refractivity contribution is -0.0502. The highest BCUT2D eigenvalue weighted by Crippen LogP contribution is 2.39. The minimum absolute atomic E-state index is 0.00156. The molecule has 5 rings (SSSR count). The van der Waals surface area contributed by atoms with Crippen molar-refractivity contribution in [1.82, 2.24) is 14.9 Å². The Balaban J connectivity index is 1.55. The number of carbonyl (C=O) groups excluding carboxylic acids is 1. The number of halogens is 3. The van der Waals surface area contributed by atoms with Gasteiger partial charge in [-0.3, -0.25) is 4.79 Å². The van der Waals surface area contributed by atoms with Crippen LogP contribution in [-0.2, 0) is 10.2 Å². The minimum Gasteiger partial charge on any atom is -0.496 e. The molecule has 1 aliphatic heterocycles. The zero-order valence-corrected chi connectivity index (χ0v) is 19.3.